The summed E-state index contributed by atoms with van der Waals surface area (Å²) in [5.74, 6) is 1.45. The quantitative estimate of drug-likeness (QED) is 0.522. The van der Waals surface area contributed by atoms with E-state index in [4.69, 9.17) is 9.73 Å². The zero-order chi connectivity index (χ0) is 20.7. The van der Waals surface area contributed by atoms with Crippen LogP contribution < -0.4 is 10.6 Å². The van der Waals surface area contributed by atoms with Gasteiger partial charge in [-0.15, -0.1) is 0 Å². The van der Waals surface area contributed by atoms with Gasteiger partial charge in [0.1, 0.15) is 0 Å². The van der Waals surface area contributed by atoms with E-state index in [1.807, 2.05) is 11.7 Å². The number of hydrogen-bond acceptors (Lipinski definition) is 4. The lowest BCUT2D eigenvalue weighted by molar-refractivity contribution is 0.00867. The van der Waals surface area contributed by atoms with Gasteiger partial charge in [0.05, 0.1) is 25.5 Å². The summed E-state index contributed by atoms with van der Waals surface area (Å²) in [6.07, 6.45) is 0.937. The number of aryl methyl sites for hydroxylation is 2. The smallest absolute Gasteiger partial charge is 0.191 e. The molecule has 0 aliphatic carbocycles. The van der Waals surface area contributed by atoms with E-state index in [1.54, 1.807) is 0 Å². The number of guanidine groups is 1. The topological polar surface area (TPSA) is 66.7 Å². The molecule has 0 radical (unpaired) electrons. The second kappa shape index (κ2) is 10.8. The molecule has 0 spiro atoms. The molecule has 1 aliphatic rings. The van der Waals surface area contributed by atoms with Crippen LogP contribution in [0.1, 0.15) is 44.6 Å². The molecule has 0 bridgehead atoms. The van der Waals surface area contributed by atoms with Crippen LogP contribution in [0.2, 0.25) is 0 Å². The Kier molecular flexibility index (Phi) is 8.76. The predicted octanol–water partition coefficient (Wildman–Crippen LogP) is 1.88. The fourth-order valence-corrected chi connectivity index (χ4v) is 3.87. The zero-order valence-corrected chi connectivity index (χ0v) is 18.9. The lowest BCUT2D eigenvalue weighted by atomic mass is 10.0. The number of morpholine rings is 1. The highest BCUT2D eigenvalue weighted by Gasteiger charge is 2.23. The lowest BCUT2D eigenvalue weighted by Gasteiger charge is -2.36. The van der Waals surface area contributed by atoms with E-state index >= 15 is 0 Å². The van der Waals surface area contributed by atoms with Crippen molar-refractivity contribution in [3.8, 4) is 0 Å². The van der Waals surface area contributed by atoms with Crippen LogP contribution in [0.4, 0.5) is 0 Å². The molecule has 160 valence electrons. The fourth-order valence-electron chi connectivity index (χ4n) is 3.87. The van der Waals surface area contributed by atoms with E-state index < -0.39 is 0 Å². The van der Waals surface area contributed by atoms with Crippen molar-refractivity contribution in [2.75, 3.05) is 39.4 Å². The van der Waals surface area contributed by atoms with Gasteiger partial charge in [-0.3, -0.25) is 14.6 Å². The van der Waals surface area contributed by atoms with E-state index in [1.165, 1.54) is 11.3 Å². The Morgan fingerprint density at radius 2 is 1.89 bits per heavy atom. The maximum absolute atomic E-state index is 5.51. The molecular formula is C21H40N6O. The van der Waals surface area contributed by atoms with Crippen LogP contribution in [-0.4, -0.2) is 72.1 Å². The highest BCUT2D eigenvalue weighted by Crippen LogP contribution is 2.15. The molecular weight excluding hydrogens is 352 g/mol. The molecule has 0 saturated carbocycles. The molecule has 2 unspecified atom stereocenters. The van der Waals surface area contributed by atoms with Crippen molar-refractivity contribution >= 4 is 5.96 Å². The third kappa shape index (κ3) is 6.21. The first-order chi connectivity index (χ1) is 13.3. The van der Waals surface area contributed by atoms with Crippen molar-refractivity contribution < 1.29 is 4.74 Å². The molecule has 2 N–H and O–H groups in total. The molecule has 0 aromatic carbocycles. The third-order valence-electron chi connectivity index (χ3n) is 5.62. The second-order valence-electron chi connectivity index (χ2n) is 8.20. The Bertz CT molecular complexity index is 633. The average Bonchev–Trinajstić information content (AvgIpc) is 2.88. The van der Waals surface area contributed by atoms with Crippen molar-refractivity contribution in [2.24, 2.45) is 18.0 Å². The van der Waals surface area contributed by atoms with Gasteiger partial charge in [-0.1, -0.05) is 13.8 Å². The van der Waals surface area contributed by atoms with Gasteiger partial charge >= 0.3 is 0 Å². The van der Waals surface area contributed by atoms with Crippen molar-refractivity contribution in [1.29, 1.82) is 0 Å². The van der Waals surface area contributed by atoms with E-state index in [9.17, 15) is 0 Å². The van der Waals surface area contributed by atoms with Crippen LogP contribution in [0.5, 0.6) is 0 Å². The van der Waals surface area contributed by atoms with Crippen molar-refractivity contribution in [3.05, 3.63) is 17.0 Å². The Morgan fingerprint density at radius 1 is 1.21 bits per heavy atom. The molecule has 7 heteroatoms. The van der Waals surface area contributed by atoms with Crippen LogP contribution in [0.15, 0.2) is 4.99 Å². The van der Waals surface area contributed by atoms with Gasteiger partial charge in [0.2, 0.25) is 0 Å². The van der Waals surface area contributed by atoms with Gasteiger partial charge in [0, 0.05) is 44.5 Å². The highest BCUT2D eigenvalue weighted by molar-refractivity contribution is 5.80. The van der Waals surface area contributed by atoms with Crippen LogP contribution in [-0.2, 0) is 18.2 Å². The largest absolute Gasteiger partial charge is 0.379 e. The molecule has 2 heterocycles. The average molecular weight is 393 g/mol. The minimum absolute atomic E-state index is 0.278. The van der Waals surface area contributed by atoms with Crippen LogP contribution in [0.3, 0.4) is 0 Å². The Morgan fingerprint density at radius 3 is 2.43 bits per heavy atom. The molecule has 28 heavy (non-hydrogen) atoms. The lowest BCUT2D eigenvalue weighted by Crippen LogP contribution is -2.48. The van der Waals surface area contributed by atoms with Crippen LogP contribution >= 0.6 is 0 Å². The number of rotatable bonds is 8. The Labute approximate surface area is 170 Å². The summed E-state index contributed by atoms with van der Waals surface area (Å²) in [5.41, 5.74) is 3.68. The molecule has 1 fully saturated rings. The predicted molar refractivity (Wildman–Crippen MR) is 116 cm³/mol. The monoisotopic (exact) mass is 392 g/mol. The van der Waals surface area contributed by atoms with Gasteiger partial charge in [-0.05, 0) is 45.6 Å². The highest BCUT2D eigenvalue weighted by atomic mass is 16.5. The summed E-state index contributed by atoms with van der Waals surface area (Å²) < 4.78 is 7.48. The van der Waals surface area contributed by atoms with Crippen molar-refractivity contribution in [1.82, 2.24) is 25.3 Å². The maximum atomic E-state index is 5.51. The second-order valence-corrected chi connectivity index (χ2v) is 8.20. The van der Waals surface area contributed by atoms with E-state index in [2.05, 4.69) is 62.2 Å². The summed E-state index contributed by atoms with van der Waals surface area (Å²) in [7, 11) is 2.01. The first kappa shape index (κ1) is 22.7. The van der Waals surface area contributed by atoms with E-state index in [0.29, 0.717) is 12.0 Å². The van der Waals surface area contributed by atoms with Gasteiger partial charge in [0.25, 0.3) is 0 Å². The number of nitrogens with one attached hydrogen (secondary N) is 2. The molecule has 1 saturated heterocycles. The molecule has 2 atom stereocenters. The zero-order valence-electron chi connectivity index (χ0n) is 18.9. The normalized spacial score (nSPS) is 18.4. The van der Waals surface area contributed by atoms with Gasteiger partial charge in [-0.2, -0.15) is 5.10 Å². The summed E-state index contributed by atoms with van der Waals surface area (Å²) in [4.78, 5) is 7.45. The summed E-state index contributed by atoms with van der Waals surface area (Å²) in [6.45, 7) is 18.4. The molecule has 1 aromatic heterocycles. The fraction of sp³-hybridized carbons (Fsp3) is 0.810. The van der Waals surface area contributed by atoms with Crippen LogP contribution in [0, 0.1) is 19.8 Å². The number of hydrogen-bond donors (Lipinski definition) is 2. The maximum Gasteiger partial charge on any atom is 0.191 e. The van der Waals surface area contributed by atoms with Crippen molar-refractivity contribution in [3.63, 3.8) is 0 Å². The Hall–Kier alpha value is -1.60. The molecule has 1 aliphatic heterocycles. The summed E-state index contributed by atoms with van der Waals surface area (Å²) in [6, 6.07) is 0.720. The SMILES string of the molecule is CCNC(=NCC(C(C)C)N1CCOCC1)NC(C)Cc1c(C)nn(C)c1C. The number of aliphatic imine (C=N–C) groups is 1. The molecule has 0 amide bonds. The van der Waals surface area contributed by atoms with Crippen molar-refractivity contribution in [2.45, 2.75) is 60.0 Å². The summed E-state index contributed by atoms with van der Waals surface area (Å²) in [5, 5.41) is 11.5. The van der Waals surface area contributed by atoms with Gasteiger partial charge < -0.3 is 15.4 Å². The standard InChI is InChI=1S/C21H40N6O/c1-8-22-21(23-14-20(15(2)3)27-9-11-28-12-10-27)24-16(4)13-19-17(5)25-26(7)18(19)6/h15-16,20H,8-14H2,1-7H3,(H2,22,23,24). The number of ether oxygens (including phenoxy) is 1. The van der Waals surface area contributed by atoms with Gasteiger partial charge in [0.15, 0.2) is 5.96 Å². The molecule has 2 rings (SSSR count). The minimum atomic E-state index is 0.278. The summed E-state index contributed by atoms with van der Waals surface area (Å²) >= 11 is 0. The van der Waals surface area contributed by atoms with Crippen LogP contribution in [0.25, 0.3) is 0 Å². The van der Waals surface area contributed by atoms with E-state index in [-0.39, 0.29) is 6.04 Å². The van der Waals surface area contributed by atoms with E-state index in [0.717, 1.165) is 57.5 Å². The molecule has 1 aromatic rings. The Balaban J connectivity index is 2.01. The number of aromatic nitrogens is 2. The molecule has 7 nitrogen and oxygen atoms in total. The van der Waals surface area contributed by atoms with Gasteiger partial charge in [-0.25, -0.2) is 0 Å². The first-order valence-corrected chi connectivity index (χ1v) is 10.7. The first-order valence-electron chi connectivity index (χ1n) is 10.7. The minimum Gasteiger partial charge on any atom is -0.379 e. The third-order valence-corrected chi connectivity index (χ3v) is 5.62. The number of nitrogens with zero attached hydrogens (tertiary/aromatic N) is 4.